The topological polar surface area (TPSA) is 47.6 Å². The molecule has 1 fully saturated rings. The Morgan fingerprint density at radius 1 is 1.16 bits per heavy atom. The number of aryl methyl sites for hydroxylation is 1. The molecule has 4 nitrogen and oxygen atoms in total. The molecule has 25 heavy (non-hydrogen) atoms. The molecular weight excluding hydrogens is 314 g/mol. The summed E-state index contributed by atoms with van der Waals surface area (Å²) in [5.74, 6) is 0.817. The van der Waals surface area contributed by atoms with E-state index in [9.17, 15) is 4.79 Å². The molecule has 0 saturated carbocycles. The van der Waals surface area contributed by atoms with E-state index in [2.05, 4.69) is 17.4 Å². The van der Waals surface area contributed by atoms with Crippen molar-refractivity contribution in [3.63, 3.8) is 0 Å². The van der Waals surface area contributed by atoms with Gasteiger partial charge < -0.3 is 14.8 Å². The summed E-state index contributed by atoms with van der Waals surface area (Å²) in [6.07, 6.45) is 1.79. The van der Waals surface area contributed by atoms with Crippen LogP contribution in [0.4, 0.5) is 0 Å². The molecule has 1 heterocycles. The molecule has 0 bridgehead atoms. The van der Waals surface area contributed by atoms with Crippen molar-refractivity contribution in [1.82, 2.24) is 5.32 Å². The zero-order valence-corrected chi connectivity index (χ0v) is 14.9. The third kappa shape index (κ3) is 4.02. The number of benzene rings is 2. The summed E-state index contributed by atoms with van der Waals surface area (Å²) in [4.78, 5) is 12.6. The Balaban J connectivity index is 1.77. The molecule has 0 atom stereocenters. The van der Waals surface area contributed by atoms with E-state index in [4.69, 9.17) is 9.47 Å². The van der Waals surface area contributed by atoms with Gasteiger partial charge in [0.25, 0.3) is 5.91 Å². The number of rotatable bonds is 5. The molecule has 1 aliphatic heterocycles. The summed E-state index contributed by atoms with van der Waals surface area (Å²) in [7, 11) is 1.67. The van der Waals surface area contributed by atoms with Crippen molar-refractivity contribution in [2.45, 2.75) is 25.2 Å². The smallest absolute Gasteiger partial charge is 0.251 e. The van der Waals surface area contributed by atoms with Crippen LogP contribution in [-0.2, 0) is 10.2 Å². The Morgan fingerprint density at radius 3 is 2.52 bits per heavy atom. The maximum Gasteiger partial charge on any atom is 0.251 e. The van der Waals surface area contributed by atoms with Gasteiger partial charge in [-0.25, -0.2) is 0 Å². The second-order valence-corrected chi connectivity index (χ2v) is 6.67. The lowest BCUT2D eigenvalue weighted by Crippen LogP contribution is -2.44. The SMILES string of the molecule is COc1ccc(C2(CNC(=O)c3cccc(C)c3)CCOCC2)cc1. The van der Waals surface area contributed by atoms with Gasteiger partial charge in [0, 0.05) is 30.7 Å². The van der Waals surface area contributed by atoms with Gasteiger partial charge in [0.05, 0.1) is 7.11 Å². The number of nitrogens with one attached hydrogen (secondary N) is 1. The first-order valence-corrected chi connectivity index (χ1v) is 8.70. The summed E-state index contributed by atoms with van der Waals surface area (Å²) in [5.41, 5.74) is 2.92. The first-order chi connectivity index (χ1) is 12.1. The fourth-order valence-electron chi connectivity index (χ4n) is 3.41. The van der Waals surface area contributed by atoms with E-state index < -0.39 is 0 Å². The number of ether oxygens (including phenoxy) is 2. The molecule has 0 spiro atoms. The van der Waals surface area contributed by atoms with Gasteiger partial charge in [-0.05, 0) is 49.6 Å². The summed E-state index contributed by atoms with van der Waals surface area (Å²) in [6, 6.07) is 15.8. The lowest BCUT2D eigenvalue weighted by atomic mass is 9.74. The van der Waals surface area contributed by atoms with Crippen LogP contribution in [0.1, 0.15) is 34.3 Å². The predicted octanol–water partition coefficient (Wildman–Crippen LogP) is 3.48. The van der Waals surface area contributed by atoms with Crippen molar-refractivity contribution in [2.24, 2.45) is 0 Å². The van der Waals surface area contributed by atoms with Crippen LogP contribution in [-0.4, -0.2) is 32.8 Å². The van der Waals surface area contributed by atoms with Gasteiger partial charge in [-0.15, -0.1) is 0 Å². The van der Waals surface area contributed by atoms with Gasteiger partial charge in [0.2, 0.25) is 0 Å². The summed E-state index contributed by atoms with van der Waals surface area (Å²) in [6.45, 7) is 4.03. The number of carbonyl (C=O) groups is 1. The average molecular weight is 339 g/mol. The van der Waals surface area contributed by atoms with E-state index in [1.54, 1.807) is 7.11 Å². The van der Waals surface area contributed by atoms with Crippen molar-refractivity contribution in [3.8, 4) is 5.75 Å². The summed E-state index contributed by atoms with van der Waals surface area (Å²) in [5, 5.41) is 3.14. The lowest BCUT2D eigenvalue weighted by Gasteiger charge is -2.38. The van der Waals surface area contributed by atoms with E-state index >= 15 is 0 Å². The zero-order chi connectivity index (χ0) is 17.7. The molecule has 2 aromatic carbocycles. The first kappa shape index (κ1) is 17.5. The van der Waals surface area contributed by atoms with Crippen molar-refractivity contribution in [3.05, 3.63) is 65.2 Å². The van der Waals surface area contributed by atoms with Crippen LogP contribution in [0.2, 0.25) is 0 Å². The Kier molecular flexibility index (Phi) is 5.39. The van der Waals surface area contributed by atoms with Crippen molar-refractivity contribution >= 4 is 5.91 Å². The fourth-order valence-corrected chi connectivity index (χ4v) is 3.41. The van der Waals surface area contributed by atoms with Gasteiger partial charge in [0.15, 0.2) is 0 Å². The maximum absolute atomic E-state index is 12.6. The van der Waals surface area contributed by atoms with Gasteiger partial charge in [0.1, 0.15) is 5.75 Å². The van der Waals surface area contributed by atoms with Crippen molar-refractivity contribution < 1.29 is 14.3 Å². The zero-order valence-electron chi connectivity index (χ0n) is 14.9. The molecule has 1 N–H and O–H groups in total. The quantitative estimate of drug-likeness (QED) is 0.907. The summed E-state index contributed by atoms with van der Waals surface area (Å²) >= 11 is 0. The van der Waals surface area contributed by atoms with Crippen LogP contribution in [0.25, 0.3) is 0 Å². The lowest BCUT2D eigenvalue weighted by molar-refractivity contribution is 0.0487. The minimum Gasteiger partial charge on any atom is -0.497 e. The molecule has 0 aliphatic carbocycles. The second kappa shape index (κ2) is 7.70. The van der Waals surface area contributed by atoms with E-state index in [0.29, 0.717) is 25.3 Å². The maximum atomic E-state index is 12.6. The minimum atomic E-state index is -0.0932. The Bertz CT molecular complexity index is 718. The highest BCUT2D eigenvalue weighted by atomic mass is 16.5. The Labute approximate surface area is 149 Å². The molecule has 3 rings (SSSR count). The van der Waals surface area contributed by atoms with Crippen molar-refractivity contribution in [2.75, 3.05) is 26.9 Å². The van der Waals surface area contributed by atoms with E-state index in [-0.39, 0.29) is 11.3 Å². The van der Waals surface area contributed by atoms with E-state index in [0.717, 1.165) is 24.2 Å². The van der Waals surface area contributed by atoms with Crippen LogP contribution < -0.4 is 10.1 Å². The minimum absolute atomic E-state index is 0.0249. The number of hydrogen-bond donors (Lipinski definition) is 1. The van der Waals surface area contributed by atoms with Gasteiger partial charge >= 0.3 is 0 Å². The molecule has 2 aromatic rings. The van der Waals surface area contributed by atoms with E-state index in [1.807, 2.05) is 43.3 Å². The third-order valence-electron chi connectivity index (χ3n) is 5.02. The predicted molar refractivity (Wildman–Crippen MR) is 98.2 cm³/mol. The van der Waals surface area contributed by atoms with Crippen molar-refractivity contribution in [1.29, 1.82) is 0 Å². The monoisotopic (exact) mass is 339 g/mol. The highest BCUT2D eigenvalue weighted by Crippen LogP contribution is 2.35. The molecule has 0 aromatic heterocycles. The number of carbonyl (C=O) groups excluding carboxylic acids is 1. The van der Waals surface area contributed by atoms with Gasteiger partial charge in [-0.3, -0.25) is 4.79 Å². The fraction of sp³-hybridized carbons (Fsp3) is 0.381. The summed E-state index contributed by atoms with van der Waals surface area (Å²) < 4.78 is 10.8. The third-order valence-corrected chi connectivity index (χ3v) is 5.02. The standard InChI is InChI=1S/C21H25NO3/c1-16-4-3-5-17(14-16)20(23)22-15-21(10-12-25-13-11-21)18-6-8-19(24-2)9-7-18/h3-9,14H,10-13,15H2,1-2H3,(H,22,23). The average Bonchev–Trinajstić information content (AvgIpc) is 2.67. The van der Waals surface area contributed by atoms with Gasteiger partial charge in [-0.1, -0.05) is 29.8 Å². The van der Waals surface area contributed by atoms with Crippen LogP contribution in [0.3, 0.4) is 0 Å². The highest BCUT2D eigenvalue weighted by Gasteiger charge is 2.35. The molecular formula is C21H25NO3. The number of hydrogen-bond acceptors (Lipinski definition) is 3. The normalized spacial score (nSPS) is 16.2. The molecule has 1 amide bonds. The van der Waals surface area contributed by atoms with Crippen LogP contribution in [0.5, 0.6) is 5.75 Å². The molecule has 132 valence electrons. The second-order valence-electron chi connectivity index (χ2n) is 6.67. The first-order valence-electron chi connectivity index (χ1n) is 8.70. The van der Waals surface area contributed by atoms with Crippen LogP contribution in [0, 0.1) is 6.92 Å². The van der Waals surface area contributed by atoms with Gasteiger partial charge in [-0.2, -0.15) is 0 Å². The Morgan fingerprint density at radius 2 is 1.88 bits per heavy atom. The molecule has 0 radical (unpaired) electrons. The van der Waals surface area contributed by atoms with Crippen LogP contribution >= 0.6 is 0 Å². The highest BCUT2D eigenvalue weighted by molar-refractivity contribution is 5.94. The molecule has 1 saturated heterocycles. The Hall–Kier alpha value is -2.33. The number of methoxy groups -OCH3 is 1. The molecule has 1 aliphatic rings. The molecule has 4 heteroatoms. The molecule has 0 unspecified atom stereocenters. The van der Waals surface area contributed by atoms with Crippen LogP contribution in [0.15, 0.2) is 48.5 Å². The largest absolute Gasteiger partial charge is 0.497 e. The van der Waals surface area contributed by atoms with E-state index in [1.165, 1.54) is 5.56 Å². The number of amides is 1.